The summed E-state index contributed by atoms with van der Waals surface area (Å²) in [6, 6.07) is 67.9. The van der Waals surface area contributed by atoms with E-state index in [9.17, 15) is 10.2 Å². The molecular formula is C52H42N4O2. The van der Waals surface area contributed by atoms with Crippen LogP contribution in [0.5, 0.6) is 11.5 Å². The molecule has 2 N–H and O–H groups in total. The zero-order valence-corrected chi connectivity index (χ0v) is 32.3. The van der Waals surface area contributed by atoms with Gasteiger partial charge in [0.15, 0.2) is 0 Å². The summed E-state index contributed by atoms with van der Waals surface area (Å²) >= 11 is 0. The molecule has 8 rings (SSSR count). The first-order chi connectivity index (χ1) is 28.4. The van der Waals surface area contributed by atoms with Crippen molar-refractivity contribution in [1.82, 2.24) is 0 Å². The molecule has 0 unspecified atom stereocenters. The Labute approximate surface area is 339 Å². The normalized spacial score (nSPS) is 11.6. The summed E-state index contributed by atoms with van der Waals surface area (Å²) in [6.07, 6.45) is 0. The minimum absolute atomic E-state index is 0.143. The standard InChI is InChI=1S/C52H42N4O2/c1-37(47-35-43(31-33-51(47)57)55(39-19-7-3-8-20-39)40-21-9-4-10-22-40)53-49-29-17-15-27-45(49)46-28-16-18-30-50(46)54-38(2)48-36-44(32-34-52(48)58)56(41-23-11-5-12-24-41)42-25-13-6-14-26-42/h3-36,57-58H,1-2H3. The van der Waals surface area contributed by atoms with Gasteiger partial charge in [-0.3, -0.25) is 9.98 Å². The Bertz CT molecular complexity index is 2450. The summed E-state index contributed by atoms with van der Waals surface area (Å²) in [5.74, 6) is 0.286. The van der Waals surface area contributed by atoms with Crippen LogP contribution in [0.25, 0.3) is 11.1 Å². The highest BCUT2D eigenvalue weighted by Gasteiger charge is 2.18. The fraction of sp³-hybridized carbons (Fsp3) is 0.0385. The first kappa shape index (κ1) is 37.2. The highest BCUT2D eigenvalue weighted by atomic mass is 16.3. The number of hydrogen-bond donors (Lipinski definition) is 2. The van der Waals surface area contributed by atoms with E-state index in [4.69, 9.17) is 9.98 Å². The Kier molecular flexibility index (Phi) is 10.9. The molecule has 0 aliphatic rings. The number of anilines is 6. The summed E-state index contributed by atoms with van der Waals surface area (Å²) in [6.45, 7) is 3.84. The Morgan fingerprint density at radius 2 is 0.638 bits per heavy atom. The van der Waals surface area contributed by atoms with Crippen molar-refractivity contribution in [1.29, 1.82) is 0 Å². The molecule has 0 radical (unpaired) electrons. The van der Waals surface area contributed by atoms with Crippen molar-refractivity contribution in [2.24, 2.45) is 9.98 Å². The van der Waals surface area contributed by atoms with Crippen LogP contribution in [0.1, 0.15) is 25.0 Å². The summed E-state index contributed by atoms with van der Waals surface area (Å²) < 4.78 is 0. The molecule has 0 fully saturated rings. The van der Waals surface area contributed by atoms with E-state index in [1.54, 1.807) is 12.1 Å². The highest BCUT2D eigenvalue weighted by molar-refractivity contribution is 6.06. The van der Waals surface area contributed by atoms with Gasteiger partial charge in [-0.25, -0.2) is 0 Å². The van der Waals surface area contributed by atoms with Gasteiger partial charge in [0.2, 0.25) is 0 Å². The molecule has 6 nitrogen and oxygen atoms in total. The average Bonchev–Trinajstić information content (AvgIpc) is 3.27. The third-order valence-electron chi connectivity index (χ3n) is 9.99. The maximum absolute atomic E-state index is 11.2. The van der Waals surface area contributed by atoms with Crippen molar-refractivity contribution in [3.05, 3.63) is 217 Å². The first-order valence-corrected chi connectivity index (χ1v) is 19.2. The van der Waals surface area contributed by atoms with Crippen molar-refractivity contribution in [2.75, 3.05) is 9.80 Å². The average molecular weight is 755 g/mol. The Morgan fingerprint density at radius 1 is 0.345 bits per heavy atom. The minimum atomic E-state index is 0.143. The van der Waals surface area contributed by atoms with Gasteiger partial charge in [0.05, 0.1) is 11.4 Å². The number of rotatable bonds is 11. The van der Waals surface area contributed by atoms with E-state index in [-0.39, 0.29) is 11.5 Å². The lowest BCUT2D eigenvalue weighted by molar-refractivity contribution is 0.473. The molecule has 58 heavy (non-hydrogen) atoms. The third kappa shape index (κ3) is 7.99. The van der Waals surface area contributed by atoms with Gasteiger partial charge in [-0.1, -0.05) is 109 Å². The molecule has 0 aliphatic heterocycles. The molecule has 0 saturated carbocycles. The number of benzene rings is 8. The number of phenolic OH excluding ortho intramolecular Hbond substituents is 2. The van der Waals surface area contributed by atoms with Crippen LogP contribution < -0.4 is 9.80 Å². The molecule has 0 spiro atoms. The molecule has 0 amide bonds. The van der Waals surface area contributed by atoms with Crippen molar-refractivity contribution in [3.63, 3.8) is 0 Å². The zero-order valence-electron chi connectivity index (χ0n) is 32.3. The van der Waals surface area contributed by atoms with E-state index >= 15 is 0 Å². The van der Waals surface area contributed by atoms with Gasteiger partial charge in [-0.2, -0.15) is 0 Å². The fourth-order valence-corrected chi connectivity index (χ4v) is 7.19. The molecule has 8 aromatic rings. The highest BCUT2D eigenvalue weighted by Crippen LogP contribution is 2.41. The monoisotopic (exact) mass is 754 g/mol. The molecular weight excluding hydrogens is 713 g/mol. The van der Waals surface area contributed by atoms with E-state index in [0.29, 0.717) is 22.6 Å². The van der Waals surface area contributed by atoms with Crippen LogP contribution in [0, 0.1) is 0 Å². The van der Waals surface area contributed by atoms with Gasteiger partial charge >= 0.3 is 0 Å². The Morgan fingerprint density at radius 3 is 0.966 bits per heavy atom. The van der Waals surface area contributed by atoms with Crippen molar-refractivity contribution >= 4 is 56.9 Å². The number of aromatic hydroxyl groups is 2. The minimum Gasteiger partial charge on any atom is -0.507 e. The zero-order chi connectivity index (χ0) is 39.8. The summed E-state index contributed by atoms with van der Waals surface area (Å²) in [5, 5.41) is 22.4. The van der Waals surface area contributed by atoms with Gasteiger partial charge in [0.25, 0.3) is 0 Å². The number of nitrogens with zero attached hydrogens (tertiary/aromatic N) is 4. The van der Waals surface area contributed by atoms with Gasteiger partial charge in [0, 0.05) is 67.8 Å². The summed E-state index contributed by atoms with van der Waals surface area (Å²) in [5.41, 5.74) is 11.6. The second-order valence-corrected chi connectivity index (χ2v) is 13.8. The second-order valence-electron chi connectivity index (χ2n) is 13.8. The van der Waals surface area contributed by atoms with E-state index < -0.39 is 0 Å². The number of aliphatic imine (C=N–C) groups is 2. The molecule has 0 atom stereocenters. The molecule has 0 saturated heterocycles. The maximum atomic E-state index is 11.2. The predicted octanol–water partition coefficient (Wildman–Crippen LogP) is 14.0. The van der Waals surface area contributed by atoms with E-state index in [1.807, 2.05) is 159 Å². The largest absolute Gasteiger partial charge is 0.507 e. The SMILES string of the molecule is CC(=Nc1ccccc1-c1ccccc1N=C(C)c1cc(N(c2ccccc2)c2ccccc2)ccc1O)c1cc(N(c2ccccc2)c2ccccc2)ccc1O. The lowest BCUT2D eigenvalue weighted by Gasteiger charge is -2.26. The molecule has 0 aliphatic carbocycles. The van der Waals surface area contributed by atoms with Gasteiger partial charge in [0.1, 0.15) is 11.5 Å². The van der Waals surface area contributed by atoms with Gasteiger partial charge < -0.3 is 20.0 Å². The van der Waals surface area contributed by atoms with Crippen LogP contribution in [0.15, 0.2) is 216 Å². The molecule has 6 heteroatoms. The fourth-order valence-electron chi connectivity index (χ4n) is 7.19. The quantitative estimate of drug-likeness (QED) is 0.129. The van der Waals surface area contributed by atoms with Crippen molar-refractivity contribution in [2.45, 2.75) is 13.8 Å². The van der Waals surface area contributed by atoms with Crippen LogP contribution in [0.2, 0.25) is 0 Å². The maximum Gasteiger partial charge on any atom is 0.124 e. The Balaban J connectivity index is 1.16. The van der Waals surface area contributed by atoms with E-state index in [1.165, 1.54) is 0 Å². The molecule has 282 valence electrons. The first-order valence-electron chi connectivity index (χ1n) is 19.2. The third-order valence-corrected chi connectivity index (χ3v) is 9.99. The smallest absolute Gasteiger partial charge is 0.124 e. The number of hydrogen-bond acceptors (Lipinski definition) is 6. The van der Waals surface area contributed by atoms with Crippen molar-refractivity contribution < 1.29 is 10.2 Å². The van der Waals surface area contributed by atoms with Crippen LogP contribution in [-0.2, 0) is 0 Å². The van der Waals surface area contributed by atoms with Crippen molar-refractivity contribution in [3.8, 4) is 22.6 Å². The molecule has 0 aromatic heterocycles. The lowest BCUT2D eigenvalue weighted by atomic mass is 10.0. The molecule has 8 aromatic carbocycles. The second kappa shape index (κ2) is 17.0. The molecule has 0 heterocycles. The van der Waals surface area contributed by atoms with Gasteiger partial charge in [-0.15, -0.1) is 0 Å². The van der Waals surface area contributed by atoms with Gasteiger partial charge in [-0.05, 0) is 111 Å². The van der Waals surface area contributed by atoms with Crippen LogP contribution in [0.4, 0.5) is 45.5 Å². The van der Waals surface area contributed by atoms with Crippen LogP contribution in [-0.4, -0.2) is 21.6 Å². The number of para-hydroxylation sites is 6. The van der Waals surface area contributed by atoms with E-state index in [0.717, 1.165) is 56.6 Å². The summed E-state index contributed by atoms with van der Waals surface area (Å²) in [7, 11) is 0. The van der Waals surface area contributed by atoms with E-state index in [2.05, 4.69) is 58.3 Å². The Hall–Kier alpha value is -7.70. The number of phenols is 2. The predicted molar refractivity (Wildman–Crippen MR) is 241 cm³/mol. The van der Waals surface area contributed by atoms with Crippen LogP contribution >= 0.6 is 0 Å². The molecule has 0 bridgehead atoms. The summed E-state index contributed by atoms with van der Waals surface area (Å²) in [4.78, 5) is 14.6. The lowest BCUT2D eigenvalue weighted by Crippen LogP contribution is -2.10. The topological polar surface area (TPSA) is 71.7 Å². The van der Waals surface area contributed by atoms with Crippen LogP contribution in [0.3, 0.4) is 0 Å².